The third kappa shape index (κ3) is 2.81. The first-order valence-corrected chi connectivity index (χ1v) is 6.80. The molecule has 5 nitrogen and oxygen atoms in total. The number of hydrogen-bond acceptors (Lipinski definition) is 3. The molecule has 0 spiro atoms. The first-order chi connectivity index (χ1) is 9.31. The maximum Gasteiger partial charge on any atom is 0.335 e. The third-order valence-corrected chi connectivity index (χ3v) is 4.28. The molecule has 0 bridgehead atoms. The highest BCUT2D eigenvalue weighted by atomic mass is 16.4. The summed E-state index contributed by atoms with van der Waals surface area (Å²) in [6, 6.07) is 2.73. The normalized spacial score (nSPS) is 21.6. The van der Waals surface area contributed by atoms with Gasteiger partial charge in [-0.3, -0.25) is 9.78 Å². The maximum absolute atomic E-state index is 12.4. The van der Waals surface area contributed by atoms with Crippen LogP contribution in [-0.4, -0.2) is 40.0 Å². The van der Waals surface area contributed by atoms with E-state index in [-0.39, 0.29) is 22.6 Å². The summed E-state index contributed by atoms with van der Waals surface area (Å²) in [4.78, 5) is 29.2. The lowest BCUT2D eigenvalue weighted by atomic mass is 9.75. The van der Waals surface area contributed by atoms with Gasteiger partial charge in [-0.25, -0.2) is 4.79 Å². The average Bonchev–Trinajstić information content (AvgIpc) is 2.41. The van der Waals surface area contributed by atoms with Gasteiger partial charge in [0.15, 0.2) is 0 Å². The fourth-order valence-electron chi connectivity index (χ4n) is 2.48. The molecule has 1 atom stereocenters. The zero-order chi connectivity index (χ0) is 14.9. The molecule has 1 fully saturated rings. The van der Waals surface area contributed by atoms with Crippen LogP contribution in [-0.2, 0) is 0 Å². The molecular weight excluding hydrogens is 256 g/mol. The lowest BCUT2D eigenvalue weighted by Gasteiger charge is -2.42. The van der Waals surface area contributed by atoms with Gasteiger partial charge in [-0.1, -0.05) is 20.8 Å². The van der Waals surface area contributed by atoms with Crippen molar-refractivity contribution in [3.8, 4) is 0 Å². The Kier molecular flexibility index (Phi) is 3.79. The highest BCUT2D eigenvalue weighted by Crippen LogP contribution is 2.34. The van der Waals surface area contributed by atoms with E-state index in [2.05, 4.69) is 25.8 Å². The van der Waals surface area contributed by atoms with E-state index in [4.69, 9.17) is 5.11 Å². The summed E-state index contributed by atoms with van der Waals surface area (Å²) in [6.07, 6.45) is 2.33. The van der Waals surface area contributed by atoms with Gasteiger partial charge in [-0.05, 0) is 29.9 Å². The second-order valence-corrected chi connectivity index (χ2v) is 6.14. The lowest BCUT2D eigenvalue weighted by molar-refractivity contribution is 0.0422. The average molecular weight is 276 g/mol. The molecule has 0 aromatic carbocycles. The molecule has 20 heavy (non-hydrogen) atoms. The van der Waals surface area contributed by atoms with Crippen LogP contribution < -0.4 is 0 Å². The van der Waals surface area contributed by atoms with Gasteiger partial charge in [0, 0.05) is 19.3 Å². The molecule has 0 aliphatic carbocycles. The number of pyridine rings is 1. The van der Waals surface area contributed by atoms with E-state index in [1.807, 2.05) is 0 Å². The van der Waals surface area contributed by atoms with Crippen molar-refractivity contribution >= 4 is 11.9 Å². The number of aromatic carboxylic acids is 1. The van der Waals surface area contributed by atoms with Crippen LogP contribution in [0.5, 0.6) is 0 Å². The minimum absolute atomic E-state index is 0.0678. The molecule has 0 saturated carbocycles. The van der Waals surface area contributed by atoms with Crippen LogP contribution >= 0.6 is 0 Å². The Morgan fingerprint density at radius 1 is 1.45 bits per heavy atom. The van der Waals surface area contributed by atoms with E-state index in [1.54, 1.807) is 4.90 Å². The minimum atomic E-state index is -1.05. The van der Waals surface area contributed by atoms with Gasteiger partial charge in [-0.15, -0.1) is 0 Å². The minimum Gasteiger partial charge on any atom is -0.478 e. The Morgan fingerprint density at radius 3 is 2.75 bits per heavy atom. The zero-order valence-electron chi connectivity index (χ0n) is 12.1. The van der Waals surface area contributed by atoms with Crippen molar-refractivity contribution in [1.29, 1.82) is 0 Å². The third-order valence-electron chi connectivity index (χ3n) is 4.28. The van der Waals surface area contributed by atoms with Gasteiger partial charge in [0.1, 0.15) is 5.69 Å². The summed E-state index contributed by atoms with van der Waals surface area (Å²) < 4.78 is 0. The predicted molar refractivity (Wildman–Crippen MR) is 74.7 cm³/mol. The van der Waals surface area contributed by atoms with Crippen molar-refractivity contribution in [3.05, 3.63) is 29.6 Å². The molecule has 1 saturated heterocycles. The summed E-state index contributed by atoms with van der Waals surface area (Å²) in [6.45, 7) is 7.87. The standard InChI is InChI=1S/C15H20N2O3/c1-10-5-7-17(9-15(10,2)3)13(18)12-8-11(14(19)20)4-6-16-12/h4,6,8,10H,5,7,9H2,1-3H3,(H,19,20). The molecular formula is C15H20N2O3. The predicted octanol–water partition coefficient (Wildman–Crippen LogP) is 2.29. The van der Waals surface area contributed by atoms with Crippen molar-refractivity contribution in [1.82, 2.24) is 9.88 Å². The number of aromatic nitrogens is 1. The highest BCUT2D eigenvalue weighted by Gasteiger charge is 2.35. The number of amides is 1. The Labute approximate surface area is 118 Å². The van der Waals surface area contributed by atoms with E-state index < -0.39 is 5.97 Å². The molecule has 2 heterocycles. The first-order valence-electron chi connectivity index (χ1n) is 6.80. The van der Waals surface area contributed by atoms with E-state index in [0.29, 0.717) is 19.0 Å². The summed E-state index contributed by atoms with van der Waals surface area (Å²) in [5.41, 5.74) is 0.362. The number of likely N-dealkylation sites (tertiary alicyclic amines) is 1. The molecule has 1 aromatic rings. The second-order valence-electron chi connectivity index (χ2n) is 6.14. The van der Waals surface area contributed by atoms with Crippen LogP contribution in [0.1, 0.15) is 48.0 Å². The Morgan fingerprint density at radius 2 is 2.15 bits per heavy atom. The molecule has 0 radical (unpaired) electrons. The molecule has 1 aliphatic rings. The number of nitrogens with zero attached hydrogens (tertiary/aromatic N) is 2. The summed E-state index contributed by atoms with van der Waals surface area (Å²) >= 11 is 0. The van der Waals surface area contributed by atoms with Gasteiger partial charge < -0.3 is 10.0 Å². The molecule has 1 aliphatic heterocycles. The van der Waals surface area contributed by atoms with Crippen molar-refractivity contribution in [2.75, 3.05) is 13.1 Å². The smallest absolute Gasteiger partial charge is 0.335 e. The Bertz CT molecular complexity index is 540. The van der Waals surface area contributed by atoms with Crippen LogP contribution in [0, 0.1) is 11.3 Å². The van der Waals surface area contributed by atoms with Gasteiger partial charge in [0.05, 0.1) is 5.56 Å². The van der Waals surface area contributed by atoms with E-state index in [9.17, 15) is 9.59 Å². The first kappa shape index (κ1) is 14.5. The SMILES string of the molecule is CC1CCN(C(=O)c2cc(C(=O)O)ccn2)CC1(C)C. The summed E-state index contributed by atoms with van der Waals surface area (Å²) in [7, 11) is 0. The number of hydrogen-bond donors (Lipinski definition) is 1. The number of piperidine rings is 1. The monoisotopic (exact) mass is 276 g/mol. The lowest BCUT2D eigenvalue weighted by Crippen LogP contribution is -2.47. The molecule has 1 aromatic heterocycles. The summed E-state index contributed by atoms with van der Waals surface area (Å²) in [5, 5.41) is 8.97. The van der Waals surface area contributed by atoms with Crippen molar-refractivity contribution in [2.24, 2.45) is 11.3 Å². The maximum atomic E-state index is 12.4. The molecule has 2 rings (SSSR count). The number of carboxylic acids is 1. The van der Waals surface area contributed by atoms with Gasteiger partial charge in [0.2, 0.25) is 0 Å². The molecule has 1 amide bonds. The van der Waals surface area contributed by atoms with Crippen molar-refractivity contribution in [2.45, 2.75) is 27.2 Å². The Balaban J connectivity index is 2.20. The largest absolute Gasteiger partial charge is 0.478 e. The Hall–Kier alpha value is -1.91. The topological polar surface area (TPSA) is 70.5 Å². The van der Waals surface area contributed by atoms with Crippen molar-refractivity contribution < 1.29 is 14.7 Å². The molecule has 1 unspecified atom stereocenters. The number of carbonyl (C=O) groups excluding carboxylic acids is 1. The second kappa shape index (κ2) is 5.23. The van der Waals surface area contributed by atoms with E-state index >= 15 is 0 Å². The van der Waals surface area contributed by atoms with Crippen LogP contribution in [0.25, 0.3) is 0 Å². The molecule has 5 heteroatoms. The fraction of sp³-hybridized carbons (Fsp3) is 0.533. The van der Waals surface area contributed by atoms with Crippen LogP contribution in [0.3, 0.4) is 0 Å². The van der Waals surface area contributed by atoms with Gasteiger partial charge in [-0.2, -0.15) is 0 Å². The van der Waals surface area contributed by atoms with Crippen LogP contribution in [0.2, 0.25) is 0 Å². The van der Waals surface area contributed by atoms with Crippen molar-refractivity contribution in [3.63, 3.8) is 0 Å². The van der Waals surface area contributed by atoms with Gasteiger partial charge in [0.25, 0.3) is 5.91 Å². The van der Waals surface area contributed by atoms with E-state index in [0.717, 1.165) is 6.42 Å². The number of carbonyl (C=O) groups is 2. The molecule has 108 valence electrons. The van der Waals surface area contributed by atoms with Crippen LogP contribution in [0.4, 0.5) is 0 Å². The highest BCUT2D eigenvalue weighted by molar-refractivity contribution is 5.95. The fourth-order valence-corrected chi connectivity index (χ4v) is 2.48. The van der Waals surface area contributed by atoms with E-state index in [1.165, 1.54) is 18.3 Å². The van der Waals surface area contributed by atoms with Crippen LogP contribution in [0.15, 0.2) is 18.3 Å². The van der Waals surface area contributed by atoms with Gasteiger partial charge >= 0.3 is 5.97 Å². The molecule has 1 N–H and O–H groups in total. The number of carboxylic acid groups (broad SMARTS) is 1. The number of rotatable bonds is 2. The zero-order valence-corrected chi connectivity index (χ0v) is 12.1. The quantitative estimate of drug-likeness (QED) is 0.899. The summed E-state index contributed by atoms with van der Waals surface area (Å²) in [5.74, 6) is -0.674.